The first-order valence-corrected chi connectivity index (χ1v) is 6.58. The van der Waals surface area contributed by atoms with E-state index < -0.39 is 12.6 Å². The molecule has 0 fully saturated rings. The monoisotopic (exact) mass is 290 g/mol. The molecule has 0 aliphatic rings. The van der Waals surface area contributed by atoms with Gasteiger partial charge in [0, 0.05) is 10.9 Å². The van der Waals surface area contributed by atoms with Crippen LogP contribution in [0.25, 0.3) is 22.1 Å². The second-order valence-electron chi connectivity index (χ2n) is 4.94. The van der Waals surface area contributed by atoms with Crippen LogP contribution in [0.5, 0.6) is 0 Å². The van der Waals surface area contributed by atoms with Crippen molar-refractivity contribution in [2.45, 2.75) is 19.5 Å². The summed E-state index contributed by atoms with van der Waals surface area (Å²) in [7, 11) is 0. The van der Waals surface area contributed by atoms with Crippen LogP contribution in [0.15, 0.2) is 52.9 Å². The quantitative estimate of drug-likeness (QED) is 0.604. The van der Waals surface area contributed by atoms with Crippen molar-refractivity contribution < 1.29 is 17.6 Å². The summed E-state index contributed by atoms with van der Waals surface area (Å²) in [5.41, 5.74) is 2.52. The van der Waals surface area contributed by atoms with Crippen LogP contribution in [-0.4, -0.2) is 6.43 Å². The molecule has 0 saturated carbocycles. The molecule has 0 aliphatic carbocycles. The minimum absolute atomic E-state index is 0.310. The van der Waals surface area contributed by atoms with Crippen molar-refractivity contribution in [1.29, 1.82) is 0 Å². The molecule has 2 aromatic carbocycles. The lowest BCUT2D eigenvalue weighted by Gasteiger charge is -2.08. The third kappa shape index (κ3) is 2.42. The number of furan rings is 1. The topological polar surface area (TPSA) is 13.1 Å². The number of benzene rings is 2. The van der Waals surface area contributed by atoms with Gasteiger partial charge in [-0.3, -0.25) is 0 Å². The van der Waals surface area contributed by atoms with E-state index in [0.717, 1.165) is 5.56 Å². The zero-order valence-corrected chi connectivity index (χ0v) is 11.3. The number of alkyl halides is 3. The lowest BCUT2D eigenvalue weighted by molar-refractivity contribution is 0.0389. The molecule has 3 aromatic rings. The van der Waals surface area contributed by atoms with Crippen molar-refractivity contribution in [3.8, 4) is 11.1 Å². The number of fused-ring (bicyclic) bond motifs is 1. The van der Waals surface area contributed by atoms with Crippen LogP contribution in [0.4, 0.5) is 13.2 Å². The molecule has 0 bridgehead atoms. The van der Waals surface area contributed by atoms with Gasteiger partial charge in [-0.2, -0.15) is 0 Å². The molecule has 3 rings (SSSR count). The van der Waals surface area contributed by atoms with Crippen LogP contribution in [0, 0.1) is 6.92 Å². The Balaban J connectivity index is 2.27. The van der Waals surface area contributed by atoms with E-state index in [1.54, 1.807) is 36.4 Å². The molecular formula is C17H13F3O. The fourth-order valence-corrected chi connectivity index (χ4v) is 2.39. The maximum Gasteiger partial charge on any atom is 0.276 e. The van der Waals surface area contributed by atoms with Crippen molar-refractivity contribution in [2.24, 2.45) is 0 Å². The van der Waals surface area contributed by atoms with Crippen molar-refractivity contribution in [1.82, 2.24) is 0 Å². The summed E-state index contributed by atoms with van der Waals surface area (Å²) >= 11 is 0. The summed E-state index contributed by atoms with van der Waals surface area (Å²) in [6.07, 6.45) is -5.55. The number of halogens is 3. The Morgan fingerprint density at radius 3 is 2.24 bits per heavy atom. The molecule has 0 saturated heterocycles. The Kier molecular flexibility index (Phi) is 3.45. The zero-order valence-electron chi connectivity index (χ0n) is 11.3. The van der Waals surface area contributed by atoms with Gasteiger partial charge in [0.1, 0.15) is 5.58 Å². The number of aryl methyl sites for hydroxylation is 1. The average Bonchev–Trinajstić information content (AvgIpc) is 2.86. The summed E-state index contributed by atoms with van der Waals surface area (Å²) in [6.45, 7) is 1.93. The summed E-state index contributed by atoms with van der Waals surface area (Å²) < 4.78 is 44.8. The van der Waals surface area contributed by atoms with E-state index in [4.69, 9.17) is 4.42 Å². The Morgan fingerprint density at radius 1 is 0.905 bits per heavy atom. The molecule has 1 unspecified atom stereocenters. The third-order valence-corrected chi connectivity index (χ3v) is 3.43. The highest BCUT2D eigenvalue weighted by Gasteiger charge is 2.30. The van der Waals surface area contributed by atoms with Crippen LogP contribution in [0.1, 0.15) is 17.5 Å². The van der Waals surface area contributed by atoms with E-state index in [1.807, 2.05) is 19.1 Å². The van der Waals surface area contributed by atoms with Gasteiger partial charge in [0.2, 0.25) is 6.17 Å². The third-order valence-electron chi connectivity index (χ3n) is 3.43. The van der Waals surface area contributed by atoms with E-state index in [9.17, 15) is 13.2 Å². The van der Waals surface area contributed by atoms with Gasteiger partial charge in [0.05, 0.1) is 0 Å². The van der Waals surface area contributed by atoms with E-state index in [2.05, 4.69) is 0 Å². The van der Waals surface area contributed by atoms with Crippen LogP contribution in [0.3, 0.4) is 0 Å². The van der Waals surface area contributed by atoms with Gasteiger partial charge in [0.25, 0.3) is 6.43 Å². The largest absolute Gasteiger partial charge is 0.457 e. The second-order valence-corrected chi connectivity index (χ2v) is 4.94. The van der Waals surface area contributed by atoms with Crippen molar-refractivity contribution in [2.75, 3.05) is 0 Å². The van der Waals surface area contributed by atoms with E-state index in [0.29, 0.717) is 22.1 Å². The molecule has 1 nitrogen and oxygen atoms in total. The first-order chi connectivity index (χ1) is 10.1. The van der Waals surface area contributed by atoms with Gasteiger partial charge in [-0.15, -0.1) is 0 Å². The summed E-state index contributed by atoms with van der Waals surface area (Å²) in [5, 5.41) is 0.639. The number of hydrogen-bond donors (Lipinski definition) is 0. The highest BCUT2D eigenvalue weighted by Crippen LogP contribution is 2.41. The molecule has 1 aromatic heterocycles. The standard InChI is InChI=1S/C17H13F3O/c1-10-6-8-11(9-7-10)14-12-4-2-3-5-13(12)21-16(14)15(18)17(19)20/h2-9,15,17H,1H3. The van der Waals surface area contributed by atoms with Gasteiger partial charge in [0.15, 0.2) is 5.76 Å². The lowest BCUT2D eigenvalue weighted by Crippen LogP contribution is -2.03. The smallest absolute Gasteiger partial charge is 0.276 e. The molecular weight excluding hydrogens is 277 g/mol. The fraction of sp³-hybridized carbons (Fsp3) is 0.176. The molecule has 0 radical (unpaired) electrons. The normalized spacial score (nSPS) is 13.0. The van der Waals surface area contributed by atoms with Gasteiger partial charge in [-0.05, 0) is 18.6 Å². The molecule has 1 atom stereocenters. The molecule has 0 N–H and O–H groups in total. The minimum Gasteiger partial charge on any atom is -0.457 e. The predicted octanol–water partition coefficient (Wildman–Crippen LogP) is 5.68. The summed E-state index contributed by atoms with van der Waals surface area (Å²) in [6, 6.07) is 14.2. The van der Waals surface area contributed by atoms with Gasteiger partial charge in [-0.25, -0.2) is 13.2 Å². The van der Waals surface area contributed by atoms with Gasteiger partial charge >= 0.3 is 0 Å². The zero-order chi connectivity index (χ0) is 15.0. The van der Waals surface area contributed by atoms with Crippen molar-refractivity contribution >= 4 is 11.0 Å². The Morgan fingerprint density at radius 2 is 1.57 bits per heavy atom. The number of hydrogen-bond acceptors (Lipinski definition) is 1. The predicted molar refractivity (Wildman–Crippen MR) is 76.2 cm³/mol. The van der Waals surface area contributed by atoms with Crippen LogP contribution in [-0.2, 0) is 0 Å². The molecule has 0 aliphatic heterocycles. The Labute approximate surface area is 120 Å². The second kappa shape index (κ2) is 5.28. The molecule has 0 spiro atoms. The molecule has 21 heavy (non-hydrogen) atoms. The Hall–Kier alpha value is -2.23. The van der Waals surface area contributed by atoms with Gasteiger partial charge < -0.3 is 4.42 Å². The highest BCUT2D eigenvalue weighted by molar-refractivity contribution is 5.95. The van der Waals surface area contributed by atoms with Crippen LogP contribution >= 0.6 is 0 Å². The van der Waals surface area contributed by atoms with Crippen molar-refractivity contribution in [3.63, 3.8) is 0 Å². The SMILES string of the molecule is Cc1ccc(-c2c(C(F)C(F)F)oc3ccccc23)cc1. The molecule has 0 amide bonds. The fourth-order valence-electron chi connectivity index (χ4n) is 2.39. The highest BCUT2D eigenvalue weighted by atomic mass is 19.3. The molecule has 1 heterocycles. The number of rotatable bonds is 3. The maximum atomic E-state index is 13.9. The first kappa shape index (κ1) is 13.7. The molecule has 108 valence electrons. The Bertz CT molecular complexity index is 759. The minimum atomic E-state index is -3.12. The van der Waals surface area contributed by atoms with Gasteiger partial charge in [-0.1, -0.05) is 48.0 Å². The summed E-state index contributed by atoms with van der Waals surface area (Å²) in [4.78, 5) is 0. The van der Waals surface area contributed by atoms with Crippen molar-refractivity contribution in [3.05, 3.63) is 59.9 Å². The van der Waals surface area contributed by atoms with E-state index >= 15 is 0 Å². The number of para-hydroxylation sites is 1. The maximum absolute atomic E-state index is 13.9. The van der Waals surface area contributed by atoms with E-state index in [1.165, 1.54) is 0 Å². The van der Waals surface area contributed by atoms with Crippen LogP contribution in [0.2, 0.25) is 0 Å². The average molecular weight is 290 g/mol. The first-order valence-electron chi connectivity index (χ1n) is 6.58. The lowest BCUT2D eigenvalue weighted by atomic mass is 9.99. The molecule has 4 heteroatoms. The summed E-state index contributed by atoms with van der Waals surface area (Å²) in [5.74, 6) is -0.310. The van der Waals surface area contributed by atoms with Crippen LogP contribution < -0.4 is 0 Å². The van der Waals surface area contributed by atoms with E-state index in [-0.39, 0.29) is 5.76 Å².